The Morgan fingerprint density at radius 2 is 1.84 bits per heavy atom. The van der Waals surface area contributed by atoms with Gasteiger partial charge >= 0.3 is 0 Å². The molecule has 31 heavy (non-hydrogen) atoms. The van der Waals surface area contributed by atoms with Gasteiger partial charge in [0.15, 0.2) is 5.96 Å². The molecule has 1 fully saturated rings. The van der Waals surface area contributed by atoms with Gasteiger partial charge in [0.2, 0.25) is 5.89 Å². The van der Waals surface area contributed by atoms with Gasteiger partial charge in [0.1, 0.15) is 12.0 Å². The molecule has 0 spiro atoms. The number of methoxy groups -OCH3 is 1. The number of para-hydroxylation sites is 2. The number of oxazole rings is 1. The molecule has 0 atom stereocenters. The minimum atomic E-state index is 0.564. The number of aromatic nitrogens is 1. The van der Waals surface area contributed by atoms with Crippen molar-refractivity contribution < 1.29 is 9.15 Å². The molecule has 0 aliphatic carbocycles. The fraction of sp³-hybridized carbons (Fsp3) is 0.333. The highest BCUT2D eigenvalue weighted by Gasteiger charge is 2.21. The largest absolute Gasteiger partial charge is 0.495 e. The Labute approximate surface area is 183 Å². The van der Waals surface area contributed by atoms with Gasteiger partial charge in [-0.15, -0.1) is 0 Å². The maximum absolute atomic E-state index is 5.66. The van der Waals surface area contributed by atoms with Crippen LogP contribution in [-0.4, -0.2) is 56.2 Å². The molecule has 3 aromatic rings. The number of benzene rings is 2. The van der Waals surface area contributed by atoms with Gasteiger partial charge in [0, 0.05) is 38.8 Å². The summed E-state index contributed by atoms with van der Waals surface area (Å²) in [7, 11) is 3.53. The quantitative estimate of drug-likeness (QED) is 0.504. The minimum absolute atomic E-state index is 0.564. The predicted octanol–water partition coefficient (Wildman–Crippen LogP) is 3.56. The third kappa shape index (κ3) is 4.82. The molecule has 1 N–H and O–H groups in total. The van der Waals surface area contributed by atoms with Crippen LogP contribution in [0.25, 0.3) is 11.5 Å². The van der Waals surface area contributed by atoms with Crippen molar-refractivity contribution in [2.24, 2.45) is 4.99 Å². The lowest BCUT2D eigenvalue weighted by Crippen LogP contribution is -2.52. The Morgan fingerprint density at radius 1 is 1.10 bits per heavy atom. The van der Waals surface area contributed by atoms with Gasteiger partial charge in [-0.2, -0.15) is 0 Å². The lowest BCUT2D eigenvalue weighted by molar-refractivity contribution is 0.367. The number of nitrogens with zero attached hydrogens (tertiary/aromatic N) is 4. The van der Waals surface area contributed by atoms with E-state index < -0.39 is 0 Å². The van der Waals surface area contributed by atoms with Crippen LogP contribution in [0.15, 0.2) is 64.2 Å². The molecule has 0 radical (unpaired) electrons. The van der Waals surface area contributed by atoms with Crippen LogP contribution >= 0.6 is 0 Å². The molecule has 0 bridgehead atoms. The van der Waals surface area contributed by atoms with E-state index in [1.807, 2.05) is 37.4 Å². The molecule has 7 nitrogen and oxygen atoms in total. The Hall–Kier alpha value is -3.48. The molecule has 0 amide bonds. The van der Waals surface area contributed by atoms with Gasteiger partial charge in [-0.3, -0.25) is 4.99 Å². The van der Waals surface area contributed by atoms with E-state index in [1.165, 1.54) is 5.56 Å². The van der Waals surface area contributed by atoms with Crippen molar-refractivity contribution in [2.75, 3.05) is 45.2 Å². The number of rotatable bonds is 5. The average Bonchev–Trinajstić information content (AvgIpc) is 3.29. The highest BCUT2D eigenvalue weighted by molar-refractivity contribution is 5.80. The molecule has 7 heteroatoms. The van der Waals surface area contributed by atoms with Gasteiger partial charge in [0.25, 0.3) is 0 Å². The fourth-order valence-corrected chi connectivity index (χ4v) is 3.77. The van der Waals surface area contributed by atoms with Crippen LogP contribution < -0.4 is 15.0 Å². The van der Waals surface area contributed by atoms with Crippen LogP contribution in [0.5, 0.6) is 5.75 Å². The lowest BCUT2D eigenvalue weighted by atomic mass is 10.1. The van der Waals surface area contributed by atoms with Crippen LogP contribution in [0.3, 0.4) is 0 Å². The van der Waals surface area contributed by atoms with Crippen molar-refractivity contribution in [3.63, 3.8) is 0 Å². The molecule has 1 aliphatic rings. The van der Waals surface area contributed by atoms with Crippen LogP contribution in [0, 0.1) is 6.92 Å². The number of hydrogen-bond donors (Lipinski definition) is 1. The van der Waals surface area contributed by atoms with Crippen LogP contribution in [0.2, 0.25) is 0 Å². The van der Waals surface area contributed by atoms with Crippen molar-refractivity contribution in [1.82, 2.24) is 15.2 Å². The third-order valence-corrected chi connectivity index (χ3v) is 5.49. The average molecular weight is 420 g/mol. The minimum Gasteiger partial charge on any atom is -0.495 e. The number of anilines is 1. The zero-order valence-electron chi connectivity index (χ0n) is 18.3. The van der Waals surface area contributed by atoms with Crippen LogP contribution in [-0.2, 0) is 6.54 Å². The van der Waals surface area contributed by atoms with E-state index in [2.05, 4.69) is 50.2 Å². The summed E-state index contributed by atoms with van der Waals surface area (Å²) in [5.41, 5.74) is 4.18. The SMILES string of the molecule is CN=C(NCc1coc(-c2ccc(C)cc2)n1)N1CCN(c2ccccc2OC)CC1. The monoisotopic (exact) mass is 419 g/mol. The van der Waals surface area contributed by atoms with Gasteiger partial charge in [-0.25, -0.2) is 4.98 Å². The Morgan fingerprint density at radius 3 is 2.55 bits per heavy atom. The third-order valence-electron chi connectivity index (χ3n) is 5.49. The number of hydrogen-bond acceptors (Lipinski definition) is 5. The van der Waals surface area contributed by atoms with Gasteiger partial charge in [0.05, 0.1) is 25.0 Å². The first-order chi connectivity index (χ1) is 15.2. The van der Waals surface area contributed by atoms with E-state index in [4.69, 9.17) is 9.15 Å². The summed E-state index contributed by atoms with van der Waals surface area (Å²) in [5, 5.41) is 3.42. The molecule has 0 unspecified atom stereocenters. The summed E-state index contributed by atoms with van der Waals surface area (Å²) >= 11 is 0. The summed E-state index contributed by atoms with van der Waals surface area (Å²) in [4.78, 5) is 13.7. The van der Waals surface area contributed by atoms with E-state index in [1.54, 1.807) is 13.4 Å². The van der Waals surface area contributed by atoms with Crippen molar-refractivity contribution >= 4 is 11.6 Å². The summed E-state index contributed by atoms with van der Waals surface area (Å²) in [6.45, 7) is 6.20. The molecule has 162 valence electrons. The smallest absolute Gasteiger partial charge is 0.226 e. The molecule has 2 heterocycles. The number of piperazine rings is 1. The zero-order valence-corrected chi connectivity index (χ0v) is 18.3. The molecule has 1 aromatic heterocycles. The Balaban J connectivity index is 1.33. The zero-order chi connectivity index (χ0) is 21.6. The number of nitrogens with one attached hydrogen (secondary N) is 1. The van der Waals surface area contributed by atoms with Gasteiger partial charge in [-0.1, -0.05) is 29.8 Å². The summed E-state index contributed by atoms with van der Waals surface area (Å²) in [6.07, 6.45) is 1.70. The van der Waals surface area contributed by atoms with Crippen molar-refractivity contribution in [3.05, 3.63) is 66.1 Å². The summed E-state index contributed by atoms with van der Waals surface area (Å²) < 4.78 is 11.2. The lowest BCUT2D eigenvalue weighted by Gasteiger charge is -2.38. The molecular formula is C24H29N5O2. The first-order valence-corrected chi connectivity index (χ1v) is 10.5. The second kappa shape index (κ2) is 9.55. The highest BCUT2D eigenvalue weighted by atomic mass is 16.5. The Kier molecular flexibility index (Phi) is 6.40. The number of aryl methyl sites for hydroxylation is 1. The summed E-state index contributed by atoms with van der Waals surface area (Å²) in [5.74, 6) is 2.42. The first-order valence-electron chi connectivity index (χ1n) is 10.5. The van der Waals surface area contributed by atoms with Gasteiger partial charge < -0.3 is 24.3 Å². The van der Waals surface area contributed by atoms with Gasteiger partial charge in [-0.05, 0) is 31.2 Å². The number of guanidine groups is 1. The van der Waals surface area contributed by atoms with E-state index in [-0.39, 0.29) is 0 Å². The second-order valence-corrected chi connectivity index (χ2v) is 7.56. The second-order valence-electron chi connectivity index (χ2n) is 7.56. The van der Waals surface area contributed by atoms with Crippen molar-refractivity contribution in [2.45, 2.75) is 13.5 Å². The van der Waals surface area contributed by atoms with Crippen LogP contribution in [0.1, 0.15) is 11.3 Å². The van der Waals surface area contributed by atoms with Crippen molar-refractivity contribution in [1.29, 1.82) is 0 Å². The molecule has 4 rings (SSSR count). The van der Waals surface area contributed by atoms with Crippen molar-refractivity contribution in [3.8, 4) is 17.2 Å². The maximum atomic E-state index is 5.66. The molecule has 1 saturated heterocycles. The van der Waals surface area contributed by atoms with E-state index in [9.17, 15) is 0 Å². The van der Waals surface area contributed by atoms with E-state index in [0.717, 1.165) is 54.8 Å². The highest BCUT2D eigenvalue weighted by Crippen LogP contribution is 2.28. The molecule has 1 aliphatic heterocycles. The standard InChI is InChI=1S/C24H29N5O2/c1-18-8-10-19(11-9-18)23-27-20(17-31-23)16-26-24(25-2)29-14-12-28(13-15-29)21-6-4-5-7-22(21)30-3/h4-11,17H,12-16H2,1-3H3,(H,25,26). The number of aliphatic imine (C=N–C) groups is 1. The number of ether oxygens (including phenoxy) is 1. The Bertz CT molecular complexity index is 1020. The van der Waals surface area contributed by atoms with Crippen LogP contribution in [0.4, 0.5) is 5.69 Å². The molecule has 0 saturated carbocycles. The van der Waals surface area contributed by atoms with E-state index in [0.29, 0.717) is 12.4 Å². The fourth-order valence-electron chi connectivity index (χ4n) is 3.77. The summed E-state index contributed by atoms with van der Waals surface area (Å²) in [6, 6.07) is 16.3. The topological polar surface area (TPSA) is 66.1 Å². The molecule has 2 aromatic carbocycles. The maximum Gasteiger partial charge on any atom is 0.226 e. The van der Waals surface area contributed by atoms with E-state index >= 15 is 0 Å². The predicted molar refractivity (Wildman–Crippen MR) is 124 cm³/mol. The molecular weight excluding hydrogens is 390 g/mol. The normalized spacial score (nSPS) is 14.6. The first kappa shape index (κ1) is 20.8.